The number of esters is 1. The van der Waals surface area contributed by atoms with E-state index in [0.29, 0.717) is 39.1 Å². The highest BCUT2D eigenvalue weighted by Crippen LogP contribution is 2.06. The van der Waals surface area contributed by atoms with Gasteiger partial charge in [0.1, 0.15) is 5.69 Å². The Morgan fingerprint density at radius 3 is 2.57 bits per heavy atom. The number of amides is 1. The molecule has 0 radical (unpaired) electrons. The molecule has 1 aliphatic rings. The number of nitrogens with one attached hydrogen (secondary N) is 1. The average molecular weight is 294 g/mol. The zero-order chi connectivity index (χ0) is 15.2. The van der Waals surface area contributed by atoms with E-state index in [2.05, 4.69) is 19.8 Å². The minimum Gasteiger partial charge on any atom is -0.469 e. The summed E-state index contributed by atoms with van der Waals surface area (Å²) in [6.07, 6.45) is 0.353. The van der Waals surface area contributed by atoms with Gasteiger partial charge in [-0.1, -0.05) is 0 Å². The van der Waals surface area contributed by atoms with Gasteiger partial charge in [0.2, 0.25) is 0 Å². The van der Waals surface area contributed by atoms with Crippen LogP contribution in [0.1, 0.15) is 16.9 Å². The van der Waals surface area contributed by atoms with E-state index in [1.807, 2.05) is 0 Å². The van der Waals surface area contributed by atoms with Gasteiger partial charge in [0.15, 0.2) is 0 Å². The predicted molar refractivity (Wildman–Crippen MR) is 73.8 cm³/mol. The predicted octanol–water partition coefficient (Wildman–Crippen LogP) is -0.909. The van der Waals surface area contributed by atoms with Crippen molar-refractivity contribution >= 4 is 11.9 Å². The quantitative estimate of drug-likeness (QED) is 0.722. The summed E-state index contributed by atoms with van der Waals surface area (Å²) in [5, 5.41) is 5.99. The molecule has 2 rings (SSSR count). The summed E-state index contributed by atoms with van der Waals surface area (Å²) in [6, 6.07) is 2.71. The number of rotatable bonds is 4. The molecule has 0 spiro atoms. The third-order valence-corrected chi connectivity index (χ3v) is 3.42. The van der Waals surface area contributed by atoms with Crippen LogP contribution in [0.4, 0.5) is 0 Å². The van der Waals surface area contributed by atoms with Crippen LogP contribution in [0.25, 0.3) is 0 Å². The standard InChI is InChI=1S/C13H18N4O4/c1-21-12(19)4-5-16-6-8-17(9-7-16)13(20)10-2-3-11(18)15-14-10/h2-3H,4-9H2,1H3,(H,15,18). The Balaban J connectivity index is 1.83. The van der Waals surface area contributed by atoms with Crippen LogP contribution in [0.15, 0.2) is 16.9 Å². The third-order valence-electron chi connectivity index (χ3n) is 3.42. The normalized spacial score (nSPS) is 15.8. The Labute approximate surface area is 121 Å². The van der Waals surface area contributed by atoms with E-state index in [1.165, 1.54) is 19.2 Å². The van der Waals surface area contributed by atoms with E-state index in [1.54, 1.807) is 4.90 Å². The summed E-state index contributed by atoms with van der Waals surface area (Å²) < 4.78 is 4.60. The summed E-state index contributed by atoms with van der Waals surface area (Å²) in [7, 11) is 1.37. The number of nitrogens with zero attached hydrogens (tertiary/aromatic N) is 3. The van der Waals surface area contributed by atoms with Gasteiger partial charge in [0.25, 0.3) is 11.5 Å². The molecule has 0 saturated carbocycles. The van der Waals surface area contributed by atoms with Crippen LogP contribution in [-0.4, -0.2) is 71.7 Å². The van der Waals surface area contributed by atoms with Gasteiger partial charge in [-0.25, -0.2) is 5.10 Å². The Morgan fingerprint density at radius 2 is 2.00 bits per heavy atom. The zero-order valence-electron chi connectivity index (χ0n) is 11.9. The van der Waals surface area contributed by atoms with E-state index >= 15 is 0 Å². The molecule has 1 aromatic heterocycles. The number of hydrogen-bond donors (Lipinski definition) is 1. The van der Waals surface area contributed by atoms with Gasteiger partial charge < -0.3 is 9.64 Å². The summed E-state index contributed by atoms with van der Waals surface area (Å²) in [6.45, 7) is 3.17. The highest BCUT2D eigenvalue weighted by molar-refractivity contribution is 5.92. The minimum absolute atomic E-state index is 0.195. The largest absolute Gasteiger partial charge is 0.469 e. The molecule has 1 amide bonds. The number of aromatic nitrogens is 2. The number of H-pyrrole nitrogens is 1. The van der Waals surface area contributed by atoms with Crippen molar-refractivity contribution in [3.8, 4) is 0 Å². The molecule has 0 atom stereocenters. The topological polar surface area (TPSA) is 95.6 Å². The first-order chi connectivity index (χ1) is 10.1. The number of piperazine rings is 1. The van der Waals surface area contributed by atoms with Crippen LogP contribution in [0, 0.1) is 0 Å². The lowest BCUT2D eigenvalue weighted by Crippen LogP contribution is -2.49. The van der Waals surface area contributed by atoms with Crippen LogP contribution in [0.2, 0.25) is 0 Å². The van der Waals surface area contributed by atoms with Crippen LogP contribution < -0.4 is 5.56 Å². The van der Waals surface area contributed by atoms with Crippen LogP contribution in [0.5, 0.6) is 0 Å². The summed E-state index contributed by atoms with van der Waals surface area (Å²) in [5.74, 6) is -0.426. The number of carbonyl (C=O) groups excluding carboxylic acids is 2. The Morgan fingerprint density at radius 1 is 1.29 bits per heavy atom. The molecular weight excluding hydrogens is 276 g/mol. The summed E-state index contributed by atoms with van der Waals surface area (Å²) in [5.41, 5.74) is -0.100. The van der Waals surface area contributed by atoms with Crippen LogP contribution >= 0.6 is 0 Å². The first kappa shape index (κ1) is 15.2. The average Bonchev–Trinajstić information content (AvgIpc) is 2.53. The molecule has 8 heteroatoms. The number of methoxy groups -OCH3 is 1. The number of ether oxygens (including phenoxy) is 1. The molecule has 0 bridgehead atoms. The first-order valence-electron chi connectivity index (χ1n) is 6.74. The summed E-state index contributed by atoms with van der Waals surface area (Å²) >= 11 is 0. The van der Waals surface area contributed by atoms with E-state index in [0.717, 1.165) is 0 Å². The van der Waals surface area contributed by atoms with Crippen LogP contribution in [0.3, 0.4) is 0 Å². The van der Waals surface area contributed by atoms with Crippen molar-refractivity contribution in [2.45, 2.75) is 6.42 Å². The molecule has 114 valence electrons. The fourth-order valence-corrected chi connectivity index (χ4v) is 2.15. The Kier molecular flexibility index (Phi) is 5.04. The molecular formula is C13H18N4O4. The van der Waals surface area contributed by atoms with Gasteiger partial charge in [0, 0.05) is 38.8 Å². The lowest BCUT2D eigenvalue weighted by molar-refractivity contribution is -0.141. The van der Waals surface area contributed by atoms with E-state index in [4.69, 9.17) is 0 Å². The van der Waals surface area contributed by atoms with E-state index in [-0.39, 0.29) is 23.1 Å². The van der Waals surface area contributed by atoms with Crippen LogP contribution in [-0.2, 0) is 9.53 Å². The maximum atomic E-state index is 12.2. The molecule has 1 saturated heterocycles. The van der Waals surface area contributed by atoms with Crippen molar-refractivity contribution in [2.75, 3.05) is 39.8 Å². The molecule has 1 fully saturated rings. The molecule has 1 aromatic rings. The molecule has 8 nitrogen and oxygen atoms in total. The molecule has 0 aromatic carbocycles. The first-order valence-corrected chi connectivity index (χ1v) is 6.74. The fraction of sp³-hybridized carbons (Fsp3) is 0.538. The molecule has 0 aliphatic carbocycles. The zero-order valence-corrected chi connectivity index (χ0v) is 11.9. The summed E-state index contributed by atoms with van der Waals surface area (Å²) in [4.78, 5) is 38.0. The molecule has 2 heterocycles. The maximum absolute atomic E-state index is 12.2. The second kappa shape index (κ2) is 6.98. The van der Waals surface area contributed by atoms with Crippen molar-refractivity contribution in [3.05, 3.63) is 28.2 Å². The van der Waals surface area contributed by atoms with Gasteiger partial charge in [-0.3, -0.25) is 19.3 Å². The van der Waals surface area contributed by atoms with Crippen molar-refractivity contribution in [1.82, 2.24) is 20.0 Å². The highest BCUT2D eigenvalue weighted by atomic mass is 16.5. The van der Waals surface area contributed by atoms with Gasteiger partial charge in [-0.2, -0.15) is 5.10 Å². The molecule has 1 aliphatic heterocycles. The molecule has 21 heavy (non-hydrogen) atoms. The monoisotopic (exact) mass is 294 g/mol. The fourth-order valence-electron chi connectivity index (χ4n) is 2.15. The molecule has 0 unspecified atom stereocenters. The highest BCUT2D eigenvalue weighted by Gasteiger charge is 2.23. The molecule has 1 N–H and O–H groups in total. The van der Waals surface area contributed by atoms with Gasteiger partial charge in [-0.05, 0) is 6.07 Å². The van der Waals surface area contributed by atoms with Crippen molar-refractivity contribution in [1.29, 1.82) is 0 Å². The van der Waals surface area contributed by atoms with Crippen molar-refractivity contribution in [2.24, 2.45) is 0 Å². The SMILES string of the molecule is COC(=O)CCN1CCN(C(=O)c2ccc(=O)[nH]n2)CC1. The minimum atomic E-state index is -0.334. The van der Waals surface area contributed by atoms with Gasteiger partial charge in [-0.15, -0.1) is 0 Å². The number of carbonyl (C=O) groups is 2. The Hall–Kier alpha value is -2.22. The number of aromatic amines is 1. The lowest BCUT2D eigenvalue weighted by atomic mass is 10.2. The van der Waals surface area contributed by atoms with E-state index in [9.17, 15) is 14.4 Å². The maximum Gasteiger partial charge on any atom is 0.306 e. The van der Waals surface area contributed by atoms with E-state index < -0.39 is 0 Å². The second-order valence-electron chi connectivity index (χ2n) is 4.77. The van der Waals surface area contributed by atoms with Gasteiger partial charge in [0.05, 0.1) is 13.5 Å². The second-order valence-corrected chi connectivity index (χ2v) is 4.77. The lowest BCUT2D eigenvalue weighted by Gasteiger charge is -2.34. The van der Waals surface area contributed by atoms with Crippen molar-refractivity contribution < 1.29 is 14.3 Å². The third kappa shape index (κ3) is 4.12. The van der Waals surface area contributed by atoms with Crippen molar-refractivity contribution in [3.63, 3.8) is 0 Å². The Bertz CT molecular complexity index is 543. The smallest absolute Gasteiger partial charge is 0.306 e. The number of hydrogen-bond acceptors (Lipinski definition) is 6. The van der Waals surface area contributed by atoms with Gasteiger partial charge >= 0.3 is 5.97 Å².